The van der Waals surface area contributed by atoms with E-state index in [-0.39, 0.29) is 18.1 Å². The molecule has 1 rings (SSSR count). The molecule has 0 aromatic heterocycles. The van der Waals surface area contributed by atoms with Crippen LogP contribution < -0.4 is 0 Å². The number of rotatable bonds is 5. The number of halogens is 1. The van der Waals surface area contributed by atoms with Crippen molar-refractivity contribution in [3.05, 3.63) is 24.3 Å². The van der Waals surface area contributed by atoms with Crippen LogP contribution in [-0.2, 0) is 14.3 Å². The van der Waals surface area contributed by atoms with Gasteiger partial charge in [-0.05, 0) is 32.3 Å². The van der Waals surface area contributed by atoms with Gasteiger partial charge in [0.25, 0.3) is 0 Å². The highest BCUT2D eigenvalue weighted by Gasteiger charge is 2.34. The number of ether oxygens (including phenoxy) is 2. The predicted molar refractivity (Wildman–Crippen MR) is 69.1 cm³/mol. The summed E-state index contributed by atoms with van der Waals surface area (Å²) in [5.74, 6) is -0.575. The monoisotopic (exact) mass is 272 g/mol. The van der Waals surface area contributed by atoms with Crippen molar-refractivity contribution < 1.29 is 23.8 Å². The van der Waals surface area contributed by atoms with Crippen LogP contribution in [0.15, 0.2) is 24.3 Å². The molecule has 0 bridgehead atoms. The number of aliphatic hydroxyl groups excluding tert-OH is 1. The van der Waals surface area contributed by atoms with Gasteiger partial charge in [-0.2, -0.15) is 0 Å². The van der Waals surface area contributed by atoms with Crippen LogP contribution in [0.25, 0.3) is 0 Å². The Morgan fingerprint density at radius 1 is 1.37 bits per heavy atom. The van der Waals surface area contributed by atoms with Crippen LogP contribution in [0, 0.1) is 0 Å². The molecule has 4 unspecified atom stereocenters. The minimum atomic E-state index is -1.29. The molecular formula is C14H21FO4. The first-order chi connectivity index (χ1) is 8.81. The molecule has 0 spiro atoms. The highest BCUT2D eigenvalue weighted by molar-refractivity contribution is 5.87. The first-order valence-electron chi connectivity index (χ1n) is 6.30. The summed E-state index contributed by atoms with van der Waals surface area (Å²) >= 11 is 0. The second-order valence-corrected chi connectivity index (χ2v) is 5.01. The molecule has 1 aliphatic rings. The van der Waals surface area contributed by atoms with Gasteiger partial charge in [-0.25, -0.2) is 9.18 Å². The minimum absolute atomic E-state index is 0.0957. The fourth-order valence-electron chi connectivity index (χ4n) is 1.84. The Morgan fingerprint density at radius 3 is 2.47 bits per heavy atom. The second kappa shape index (κ2) is 6.82. The summed E-state index contributed by atoms with van der Waals surface area (Å²) in [5, 5.41) is 9.51. The molecule has 0 aromatic rings. The maximum atomic E-state index is 13.9. The Labute approximate surface area is 112 Å². The Morgan fingerprint density at radius 2 is 2.00 bits per heavy atom. The van der Waals surface area contributed by atoms with Gasteiger partial charge in [-0.1, -0.05) is 13.2 Å². The fourth-order valence-corrected chi connectivity index (χ4v) is 1.84. The summed E-state index contributed by atoms with van der Waals surface area (Å²) in [5.41, 5.74) is 0.731. The standard InChI is InChI=1S/C14H21FO4/c1-8(2)13(16)18-10-5-6-12(11(15)7-10)19-14(17)9(3)4/h10-13,16H,1,3,5-7H2,2,4H3. The molecule has 0 aromatic carbocycles. The summed E-state index contributed by atoms with van der Waals surface area (Å²) in [6.07, 6.45) is -2.52. The van der Waals surface area contributed by atoms with E-state index in [0.717, 1.165) is 0 Å². The molecule has 0 aliphatic heterocycles. The molecule has 1 saturated carbocycles. The Bertz CT molecular complexity index is 366. The van der Waals surface area contributed by atoms with E-state index < -0.39 is 24.5 Å². The van der Waals surface area contributed by atoms with Crippen LogP contribution in [-0.4, -0.2) is 35.7 Å². The zero-order valence-corrected chi connectivity index (χ0v) is 11.4. The molecule has 4 nitrogen and oxygen atoms in total. The lowest BCUT2D eigenvalue weighted by Crippen LogP contribution is -2.39. The normalized spacial score (nSPS) is 28.5. The van der Waals surface area contributed by atoms with Crippen LogP contribution in [0.1, 0.15) is 33.1 Å². The number of alkyl halides is 1. The lowest BCUT2D eigenvalue weighted by atomic mass is 9.93. The quantitative estimate of drug-likeness (QED) is 0.361. The van der Waals surface area contributed by atoms with Crippen molar-refractivity contribution in [1.29, 1.82) is 0 Å². The highest BCUT2D eigenvalue weighted by Crippen LogP contribution is 2.28. The van der Waals surface area contributed by atoms with Crippen molar-refractivity contribution in [3.63, 3.8) is 0 Å². The van der Waals surface area contributed by atoms with Crippen LogP contribution in [0.5, 0.6) is 0 Å². The molecule has 4 atom stereocenters. The van der Waals surface area contributed by atoms with Gasteiger partial charge in [0.1, 0.15) is 12.3 Å². The van der Waals surface area contributed by atoms with Crippen molar-refractivity contribution in [2.24, 2.45) is 0 Å². The van der Waals surface area contributed by atoms with E-state index in [4.69, 9.17) is 9.47 Å². The van der Waals surface area contributed by atoms with E-state index in [9.17, 15) is 14.3 Å². The van der Waals surface area contributed by atoms with Crippen molar-refractivity contribution in [3.8, 4) is 0 Å². The maximum absolute atomic E-state index is 13.9. The molecule has 1 aliphatic carbocycles. The van der Waals surface area contributed by atoms with E-state index in [2.05, 4.69) is 13.2 Å². The summed E-state index contributed by atoms with van der Waals surface area (Å²) in [7, 11) is 0. The maximum Gasteiger partial charge on any atom is 0.333 e. The zero-order chi connectivity index (χ0) is 14.6. The molecule has 108 valence electrons. The average molecular weight is 272 g/mol. The lowest BCUT2D eigenvalue weighted by molar-refractivity contribution is -0.162. The highest BCUT2D eigenvalue weighted by atomic mass is 19.1. The molecule has 5 heteroatoms. The predicted octanol–water partition coefficient (Wildman–Crippen LogP) is 2.28. The van der Waals surface area contributed by atoms with Gasteiger partial charge < -0.3 is 14.6 Å². The van der Waals surface area contributed by atoms with Gasteiger partial charge >= 0.3 is 5.97 Å². The Kier molecular flexibility index (Phi) is 5.69. The third-order valence-electron chi connectivity index (χ3n) is 3.01. The van der Waals surface area contributed by atoms with Crippen LogP contribution >= 0.6 is 0 Å². The van der Waals surface area contributed by atoms with Gasteiger partial charge in [0.15, 0.2) is 6.29 Å². The first kappa shape index (κ1) is 15.9. The summed E-state index contributed by atoms with van der Waals surface area (Å²) in [6.45, 7) is 10.2. The van der Waals surface area contributed by atoms with Crippen LogP contribution in [0.3, 0.4) is 0 Å². The van der Waals surface area contributed by atoms with E-state index >= 15 is 0 Å². The first-order valence-corrected chi connectivity index (χ1v) is 6.30. The van der Waals surface area contributed by atoms with Gasteiger partial charge in [-0.15, -0.1) is 0 Å². The van der Waals surface area contributed by atoms with Crippen molar-refractivity contribution in [2.45, 2.75) is 57.8 Å². The number of carbonyl (C=O) groups is 1. The van der Waals surface area contributed by atoms with Crippen LogP contribution in [0.2, 0.25) is 0 Å². The van der Waals surface area contributed by atoms with E-state index in [1.807, 2.05) is 0 Å². The van der Waals surface area contributed by atoms with Gasteiger partial charge in [0, 0.05) is 12.0 Å². The number of hydrogen-bond acceptors (Lipinski definition) is 4. The Balaban J connectivity index is 2.45. The minimum Gasteiger partial charge on any atom is -0.456 e. The van der Waals surface area contributed by atoms with E-state index in [0.29, 0.717) is 18.4 Å². The summed E-state index contributed by atoms with van der Waals surface area (Å²) < 4.78 is 24.2. The Hall–Kier alpha value is -1.20. The van der Waals surface area contributed by atoms with Gasteiger partial charge in [0.05, 0.1) is 6.10 Å². The van der Waals surface area contributed by atoms with Crippen molar-refractivity contribution in [2.75, 3.05) is 0 Å². The van der Waals surface area contributed by atoms with E-state index in [1.54, 1.807) is 6.92 Å². The molecule has 1 fully saturated rings. The van der Waals surface area contributed by atoms with E-state index in [1.165, 1.54) is 6.92 Å². The SMILES string of the molecule is C=C(C)C(=O)OC1CCC(OC(O)C(=C)C)CC1F. The number of esters is 1. The number of carbonyl (C=O) groups excluding carboxylic acids is 1. The zero-order valence-electron chi connectivity index (χ0n) is 11.4. The molecule has 19 heavy (non-hydrogen) atoms. The van der Waals surface area contributed by atoms with Crippen LogP contribution in [0.4, 0.5) is 4.39 Å². The molecule has 0 radical (unpaired) electrons. The van der Waals surface area contributed by atoms with Crippen molar-refractivity contribution in [1.82, 2.24) is 0 Å². The summed E-state index contributed by atoms with van der Waals surface area (Å²) in [4.78, 5) is 11.3. The van der Waals surface area contributed by atoms with Gasteiger partial charge in [0.2, 0.25) is 0 Å². The largest absolute Gasteiger partial charge is 0.456 e. The average Bonchev–Trinajstić information content (AvgIpc) is 2.32. The lowest BCUT2D eigenvalue weighted by Gasteiger charge is -2.32. The smallest absolute Gasteiger partial charge is 0.333 e. The molecule has 0 heterocycles. The second-order valence-electron chi connectivity index (χ2n) is 5.01. The molecular weight excluding hydrogens is 251 g/mol. The third-order valence-corrected chi connectivity index (χ3v) is 3.01. The molecule has 0 saturated heterocycles. The van der Waals surface area contributed by atoms with Gasteiger partial charge in [-0.3, -0.25) is 0 Å². The summed E-state index contributed by atoms with van der Waals surface area (Å²) in [6, 6.07) is 0. The molecule has 1 N–H and O–H groups in total. The fraction of sp³-hybridized carbons (Fsp3) is 0.643. The number of aliphatic hydroxyl groups is 1. The van der Waals surface area contributed by atoms with Crippen molar-refractivity contribution >= 4 is 5.97 Å². The topological polar surface area (TPSA) is 55.8 Å². The number of hydrogen-bond donors (Lipinski definition) is 1. The third kappa shape index (κ3) is 4.76. The molecule has 0 amide bonds.